The van der Waals surface area contributed by atoms with Gasteiger partial charge in [0.05, 0.1) is 7.11 Å². The number of nitrogens with two attached hydrogens (primary N) is 1. The summed E-state index contributed by atoms with van der Waals surface area (Å²) < 4.78 is 9.83. The Morgan fingerprint density at radius 3 is 2.92 bits per heavy atom. The van der Waals surface area contributed by atoms with E-state index in [9.17, 15) is 4.79 Å². The predicted molar refractivity (Wildman–Crippen MR) is 43.6 cm³/mol. The van der Waals surface area contributed by atoms with E-state index in [4.69, 9.17) is 10.5 Å². The number of methoxy groups -OCH3 is 1. The Labute approximate surface area is 72.0 Å². The van der Waals surface area contributed by atoms with E-state index >= 15 is 0 Å². The van der Waals surface area contributed by atoms with Crippen molar-refractivity contribution in [3.8, 4) is 0 Å². The number of esters is 1. The second kappa shape index (κ2) is 3.87. The first-order valence-corrected chi connectivity index (χ1v) is 4.14. The van der Waals surface area contributed by atoms with Crippen LogP contribution in [-0.4, -0.2) is 31.8 Å². The third-order valence-electron chi connectivity index (χ3n) is 2.20. The Bertz CT molecular complexity index is 162. The predicted octanol–water partition coefficient (Wildman–Crippen LogP) is 0.0574. The fourth-order valence-corrected chi connectivity index (χ4v) is 1.38. The molecule has 0 aromatic carbocycles. The number of carbonyl (C=O) groups is 1. The first-order chi connectivity index (χ1) is 5.69. The van der Waals surface area contributed by atoms with Gasteiger partial charge in [-0.3, -0.25) is 4.79 Å². The molecule has 1 rings (SSSR count). The Balaban J connectivity index is 2.59. The van der Waals surface area contributed by atoms with Gasteiger partial charge < -0.3 is 15.2 Å². The molecule has 0 unspecified atom stereocenters. The van der Waals surface area contributed by atoms with Crippen molar-refractivity contribution in [1.29, 1.82) is 0 Å². The fourth-order valence-electron chi connectivity index (χ4n) is 1.38. The third-order valence-corrected chi connectivity index (χ3v) is 2.20. The Morgan fingerprint density at radius 2 is 2.25 bits per heavy atom. The molecule has 0 amide bonds. The summed E-state index contributed by atoms with van der Waals surface area (Å²) in [6.45, 7) is 1.24. The van der Waals surface area contributed by atoms with E-state index in [2.05, 4.69) is 4.74 Å². The van der Waals surface area contributed by atoms with Crippen LogP contribution in [0.2, 0.25) is 0 Å². The number of carbonyl (C=O) groups excluding carboxylic acids is 1. The summed E-state index contributed by atoms with van der Waals surface area (Å²) in [5.74, 6) is -0.326. The van der Waals surface area contributed by atoms with Crippen molar-refractivity contribution >= 4 is 5.97 Å². The number of rotatable bonds is 1. The lowest BCUT2D eigenvalue weighted by Crippen LogP contribution is -2.48. The van der Waals surface area contributed by atoms with Crippen LogP contribution in [0.25, 0.3) is 0 Å². The first kappa shape index (κ1) is 9.48. The van der Waals surface area contributed by atoms with Gasteiger partial charge in [0, 0.05) is 13.2 Å². The largest absolute Gasteiger partial charge is 0.468 e. The molecule has 4 heteroatoms. The summed E-state index contributed by atoms with van der Waals surface area (Å²) in [5, 5.41) is 0. The minimum absolute atomic E-state index is 0.326. The molecular formula is C8H15NO3. The maximum absolute atomic E-state index is 11.2. The Morgan fingerprint density at radius 1 is 1.50 bits per heavy atom. The molecule has 12 heavy (non-hydrogen) atoms. The van der Waals surface area contributed by atoms with Gasteiger partial charge in [-0.2, -0.15) is 0 Å². The van der Waals surface area contributed by atoms with Crippen molar-refractivity contribution in [2.75, 3.05) is 20.3 Å². The molecule has 0 bridgehead atoms. The van der Waals surface area contributed by atoms with Gasteiger partial charge in [-0.05, 0) is 19.3 Å². The van der Waals surface area contributed by atoms with Crippen molar-refractivity contribution in [1.82, 2.24) is 0 Å². The van der Waals surface area contributed by atoms with Gasteiger partial charge >= 0.3 is 5.97 Å². The highest BCUT2D eigenvalue weighted by Gasteiger charge is 2.35. The molecule has 1 aliphatic heterocycles. The zero-order valence-electron chi connectivity index (χ0n) is 7.34. The molecule has 0 aliphatic carbocycles. The summed E-state index contributed by atoms with van der Waals surface area (Å²) in [6, 6.07) is 0. The minimum atomic E-state index is -0.814. The standard InChI is InChI=1S/C8H15NO3/c1-11-7(10)8(9)3-2-5-12-6-4-8/h2-6,9H2,1H3/t8-/m1/s1. The van der Waals surface area contributed by atoms with Gasteiger partial charge in [0.1, 0.15) is 5.54 Å². The summed E-state index contributed by atoms with van der Waals surface area (Å²) >= 11 is 0. The van der Waals surface area contributed by atoms with Crippen LogP contribution in [0.15, 0.2) is 0 Å². The van der Waals surface area contributed by atoms with E-state index < -0.39 is 5.54 Å². The lowest BCUT2D eigenvalue weighted by molar-refractivity contribution is -0.147. The van der Waals surface area contributed by atoms with Crippen LogP contribution in [0.5, 0.6) is 0 Å². The Hall–Kier alpha value is -0.610. The van der Waals surface area contributed by atoms with Crippen LogP contribution in [0.3, 0.4) is 0 Å². The molecule has 1 saturated heterocycles. The van der Waals surface area contributed by atoms with E-state index in [1.807, 2.05) is 0 Å². The maximum atomic E-state index is 11.2. The molecule has 0 aromatic heterocycles. The van der Waals surface area contributed by atoms with Gasteiger partial charge in [0.15, 0.2) is 0 Å². The van der Waals surface area contributed by atoms with Crippen molar-refractivity contribution in [3.63, 3.8) is 0 Å². The molecule has 0 spiro atoms. The van der Waals surface area contributed by atoms with Crippen LogP contribution in [0, 0.1) is 0 Å². The molecule has 2 N–H and O–H groups in total. The van der Waals surface area contributed by atoms with E-state index in [1.165, 1.54) is 7.11 Å². The topological polar surface area (TPSA) is 61.5 Å². The lowest BCUT2D eigenvalue weighted by Gasteiger charge is -2.23. The summed E-state index contributed by atoms with van der Waals surface area (Å²) in [7, 11) is 1.36. The molecule has 1 fully saturated rings. The molecule has 4 nitrogen and oxygen atoms in total. The fraction of sp³-hybridized carbons (Fsp3) is 0.875. The normalized spacial score (nSPS) is 30.8. The molecule has 1 aliphatic rings. The Kier molecular flexibility index (Phi) is 3.05. The summed E-state index contributed by atoms with van der Waals surface area (Å²) in [6.07, 6.45) is 2.03. The average molecular weight is 173 g/mol. The molecule has 1 atom stereocenters. The molecule has 0 aromatic rings. The van der Waals surface area contributed by atoms with Crippen LogP contribution < -0.4 is 5.73 Å². The van der Waals surface area contributed by atoms with E-state index in [-0.39, 0.29) is 5.97 Å². The molecular weight excluding hydrogens is 158 g/mol. The third kappa shape index (κ3) is 1.95. The van der Waals surface area contributed by atoms with Gasteiger partial charge in [0.2, 0.25) is 0 Å². The molecule has 1 heterocycles. The van der Waals surface area contributed by atoms with Crippen LogP contribution in [-0.2, 0) is 14.3 Å². The van der Waals surface area contributed by atoms with E-state index in [0.717, 1.165) is 6.42 Å². The van der Waals surface area contributed by atoms with E-state index in [0.29, 0.717) is 26.1 Å². The van der Waals surface area contributed by atoms with Gasteiger partial charge in [-0.25, -0.2) is 0 Å². The molecule has 0 radical (unpaired) electrons. The van der Waals surface area contributed by atoms with Crippen molar-refractivity contribution in [3.05, 3.63) is 0 Å². The first-order valence-electron chi connectivity index (χ1n) is 4.14. The SMILES string of the molecule is COC(=O)[C@@]1(N)CCCOCC1. The van der Waals surface area contributed by atoms with Gasteiger partial charge in [-0.1, -0.05) is 0 Å². The second-order valence-electron chi connectivity index (χ2n) is 3.11. The summed E-state index contributed by atoms with van der Waals surface area (Å²) in [5.41, 5.74) is 5.04. The number of ether oxygens (including phenoxy) is 2. The zero-order chi connectivity index (χ0) is 9.03. The average Bonchev–Trinajstić information content (AvgIpc) is 2.29. The summed E-state index contributed by atoms with van der Waals surface area (Å²) in [4.78, 5) is 11.2. The molecule has 70 valence electrons. The van der Waals surface area contributed by atoms with Crippen LogP contribution in [0.4, 0.5) is 0 Å². The monoisotopic (exact) mass is 173 g/mol. The highest BCUT2D eigenvalue weighted by Crippen LogP contribution is 2.19. The number of hydrogen-bond donors (Lipinski definition) is 1. The van der Waals surface area contributed by atoms with Crippen molar-refractivity contribution in [2.45, 2.75) is 24.8 Å². The quantitative estimate of drug-likeness (QED) is 0.569. The smallest absolute Gasteiger partial charge is 0.325 e. The van der Waals surface area contributed by atoms with Crippen LogP contribution in [0.1, 0.15) is 19.3 Å². The second-order valence-corrected chi connectivity index (χ2v) is 3.11. The highest BCUT2D eigenvalue weighted by molar-refractivity contribution is 5.80. The highest BCUT2D eigenvalue weighted by atomic mass is 16.5. The number of hydrogen-bond acceptors (Lipinski definition) is 4. The van der Waals surface area contributed by atoms with Gasteiger partial charge in [-0.15, -0.1) is 0 Å². The van der Waals surface area contributed by atoms with Crippen LogP contribution >= 0.6 is 0 Å². The van der Waals surface area contributed by atoms with E-state index in [1.54, 1.807) is 0 Å². The molecule has 0 saturated carbocycles. The zero-order valence-corrected chi connectivity index (χ0v) is 7.34. The lowest BCUT2D eigenvalue weighted by atomic mass is 9.92. The maximum Gasteiger partial charge on any atom is 0.325 e. The van der Waals surface area contributed by atoms with Crippen molar-refractivity contribution < 1.29 is 14.3 Å². The minimum Gasteiger partial charge on any atom is -0.468 e. The van der Waals surface area contributed by atoms with Crippen molar-refractivity contribution in [2.24, 2.45) is 5.73 Å². The van der Waals surface area contributed by atoms with Gasteiger partial charge in [0.25, 0.3) is 0 Å².